The lowest BCUT2D eigenvalue weighted by Crippen LogP contribution is -2.48. The summed E-state index contributed by atoms with van der Waals surface area (Å²) in [4.78, 5) is 13.4. The third-order valence-corrected chi connectivity index (χ3v) is 4.82. The summed E-state index contributed by atoms with van der Waals surface area (Å²) >= 11 is 0. The second-order valence-electron chi connectivity index (χ2n) is 6.87. The minimum atomic E-state index is -0.720. The Bertz CT molecular complexity index is 496. The maximum atomic E-state index is 11.0. The second-order valence-corrected chi connectivity index (χ2v) is 6.87. The van der Waals surface area contributed by atoms with Gasteiger partial charge in [0.05, 0.1) is 6.42 Å². The van der Waals surface area contributed by atoms with E-state index in [4.69, 9.17) is 5.11 Å². The van der Waals surface area contributed by atoms with Crippen LogP contribution in [-0.2, 0) is 4.79 Å². The summed E-state index contributed by atoms with van der Waals surface area (Å²) in [6.45, 7) is 7.35. The fourth-order valence-corrected chi connectivity index (χ4v) is 3.60. The molecule has 116 valence electrons. The molecule has 0 amide bonds. The van der Waals surface area contributed by atoms with E-state index in [9.17, 15) is 4.79 Å². The van der Waals surface area contributed by atoms with Gasteiger partial charge in [-0.05, 0) is 36.8 Å². The summed E-state index contributed by atoms with van der Waals surface area (Å²) in [5, 5.41) is 9.08. The minimum Gasteiger partial charge on any atom is -0.481 e. The number of aryl methyl sites for hydroxylation is 1. The highest BCUT2D eigenvalue weighted by molar-refractivity contribution is 5.68. The van der Waals surface area contributed by atoms with Gasteiger partial charge in [0.2, 0.25) is 0 Å². The van der Waals surface area contributed by atoms with Crippen LogP contribution in [0.25, 0.3) is 0 Å². The SMILES string of the molecule is Cc1ccccc1N(CCC(=O)O)C1CCCCC1(C)C. The average Bonchev–Trinajstić information content (AvgIpc) is 2.41. The Kier molecular flexibility index (Phi) is 4.92. The fourth-order valence-electron chi connectivity index (χ4n) is 3.60. The molecule has 0 saturated heterocycles. The Morgan fingerprint density at radius 1 is 1.33 bits per heavy atom. The molecule has 0 radical (unpaired) electrons. The lowest BCUT2D eigenvalue weighted by Gasteiger charge is -2.47. The van der Waals surface area contributed by atoms with Crippen LogP contribution in [0.5, 0.6) is 0 Å². The standard InChI is InChI=1S/C18H27NO2/c1-14-8-4-5-9-15(14)19(13-11-17(20)21)16-10-6-7-12-18(16,2)3/h4-5,8-9,16H,6-7,10-13H2,1-3H3,(H,20,21). The Balaban J connectivity index is 2.31. The van der Waals surface area contributed by atoms with Crippen LogP contribution >= 0.6 is 0 Å². The Morgan fingerprint density at radius 2 is 2.05 bits per heavy atom. The van der Waals surface area contributed by atoms with Crippen molar-refractivity contribution >= 4 is 11.7 Å². The lowest BCUT2D eigenvalue weighted by molar-refractivity contribution is -0.136. The first kappa shape index (κ1) is 15.9. The average molecular weight is 289 g/mol. The van der Waals surface area contributed by atoms with E-state index in [2.05, 4.69) is 37.8 Å². The van der Waals surface area contributed by atoms with Crippen LogP contribution in [0, 0.1) is 12.3 Å². The van der Waals surface area contributed by atoms with Crippen LogP contribution in [0.3, 0.4) is 0 Å². The number of carboxylic acid groups (broad SMARTS) is 1. The molecule has 0 heterocycles. The number of para-hydroxylation sites is 1. The number of hydrogen-bond donors (Lipinski definition) is 1. The van der Waals surface area contributed by atoms with Gasteiger partial charge in [0.1, 0.15) is 0 Å². The van der Waals surface area contributed by atoms with Crippen molar-refractivity contribution in [3.8, 4) is 0 Å². The van der Waals surface area contributed by atoms with E-state index in [1.54, 1.807) is 0 Å². The highest BCUT2D eigenvalue weighted by Crippen LogP contribution is 2.41. The summed E-state index contributed by atoms with van der Waals surface area (Å²) in [5.41, 5.74) is 2.65. The normalized spacial score (nSPS) is 21.0. The van der Waals surface area contributed by atoms with Gasteiger partial charge in [-0.3, -0.25) is 4.79 Å². The van der Waals surface area contributed by atoms with E-state index in [1.165, 1.54) is 30.5 Å². The monoisotopic (exact) mass is 289 g/mol. The summed E-state index contributed by atoms with van der Waals surface area (Å²) in [6.07, 6.45) is 5.09. The van der Waals surface area contributed by atoms with Crippen molar-refractivity contribution in [3.63, 3.8) is 0 Å². The molecule has 0 aliphatic heterocycles. The predicted octanol–water partition coefficient (Wildman–Crippen LogP) is 4.24. The molecule has 0 aromatic heterocycles. The molecular weight excluding hydrogens is 262 g/mol. The summed E-state index contributed by atoms with van der Waals surface area (Å²) in [6, 6.07) is 8.75. The van der Waals surface area contributed by atoms with Gasteiger partial charge >= 0.3 is 5.97 Å². The molecule has 2 rings (SSSR count). The second kappa shape index (κ2) is 6.50. The zero-order valence-electron chi connectivity index (χ0n) is 13.4. The number of hydrogen-bond acceptors (Lipinski definition) is 2. The molecule has 21 heavy (non-hydrogen) atoms. The van der Waals surface area contributed by atoms with Gasteiger partial charge in [0.25, 0.3) is 0 Å². The number of nitrogens with zero attached hydrogens (tertiary/aromatic N) is 1. The van der Waals surface area contributed by atoms with Crippen molar-refractivity contribution in [1.82, 2.24) is 0 Å². The Labute approximate surface area is 128 Å². The van der Waals surface area contributed by atoms with Crippen LogP contribution in [0.4, 0.5) is 5.69 Å². The van der Waals surface area contributed by atoms with Crippen molar-refractivity contribution in [2.24, 2.45) is 5.41 Å². The van der Waals surface area contributed by atoms with Crippen LogP contribution in [0.2, 0.25) is 0 Å². The molecular formula is C18H27NO2. The zero-order valence-corrected chi connectivity index (χ0v) is 13.4. The van der Waals surface area contributed by atoms with Gasteiger partial charge < -0.3 is 10.0 Å². The van der Waals surface area contributed by atoms with Crippen molar-refractivity contribution in [1.29, 1.82) is 0 Å². The van der Waals surface area contributed by atoms with Gasteiger partial charge in [-0.25, -0.2) is 0 Å². The quantitative estimate of drug-likeness (QED) is 0.881. The van der Waals surface area contributed by atoms with Crippen molar-refractivity contribution in [3.05, 3.63) is 29.8 Å². The number of carbonyl (C=O) groups is 1. The fraction of sp³-hybridized carbons (Fsp3) is 0.611. The third-order valence-electron chi connectivity index (χ3n) is 4.82. The first-order valence-corrected chi connectivity index (χ1v) is 7.96. The number of rotatable bonds is 5. The number of carboxylic acids is 1. The summed E-state index contributed by atoms with van der Waals surface area (Å²) in [5.74, 6) is -0.720. The molecule has 3 nitrogen and oxygen atoms in total. The smallest absolute Gasteiger partial charge is 0.305 e. The highest BCUT2D eigenvalue weighted by Gasteiger charge is 2.36. The van der Waals surface area contributed by atoms with E-state index in [-0.39, 0.29) is 11.8 Å². The molecule has 1 aliphatic carbocycles. The van der Waals surface area contributed by atoms with E-state index >= 15 is 0 Å². The van der Waals surface area contributed by atoms with Gasteiger partial charge in [-0.15, -0.1) is 0 Å². The lowest BCUT2D eigenvalue weighted by atomic mass is 9.72. The Morgan fingerprint density at radius 3 is 2.67 bits per heavy atom. The number of benzene rings is 1. The summed E-state index contributed by atoms with van der Waals surface area (Å²) < 4.78 is 0. The topological polar surface area (TPSA) is 40.5 Å². The van der Waals surface area contributed by atoms with Crippen molar-refractivity contribution in [2.75, 3.05) is 11.4 Å². The first-order chi connectivity index (χ1) is 9.92. The zero-order chi connectivity index (χ0) is 15.5. The van der Waals surface area contributed by atoms with E-state index in [1.807, 2.05) is 12.1 Å². The van der Waals surface area contributed by atoms with Crippen LogP contribution in [-0.4, -0.2) is 23.7 Å². The van der Waals surface area contributed by atoms with E-state index in [0.29, 0.717) is 12.6 Å². The largest absolute Gasteiger partial charge is 0.481 e. The number of anilines is 1. The van der Waals surface area contributed by atoms with Gasteiger partial charge in [0, 0.05) is 18.3 Å². The van der Waals surface area contributed by atoms with E-state index in [0.717, 1.165) is 6.42 Å². The molecule has 3 heteroatoms. The predicted molar refractivity (Wildman–Crippen MR) is 86.8 cm³/mol. The summed E-state index contributed by atoms with van der Waals surface area (Å²) in [7, 11) is 0. The Hall–Kier alpha value is -1.51. The maximum Gasteiger partial charge on any atom is 0.305 e. The highest BCUT2D eigenvalue weighted by atomic mass is 16.4. The van der Waals surface area contributed by atoms with Crippen molar-refractivity contribution < 1.29 is 9.90 Å². The molecule has 0 spiro atoms. The minimum absolute atomic E-state index is 0.195. The molecule has 1 saturated carbocycles. The molecule has 1 atom stereocenters. The molecule has 0 bridgehead atoms. The molecule has 1 aromatic rings. The van der Waals surface area contributed by atoms with Crippen LogP contribution < -0.4 is 4.90 Å². The maximum absolute atomic E-state index is 11.0. The molecule has 1 N–H and O–H groups in total. The van der Waals surface area contributed by atoms with Crippen molar-refractivity contribution in [2.45, 2.75) is 58.9 Å². The van der Waals surface area contributed by atoms with Gasteiger partial charge in [-0.1, -0.05) is 44.9 Å². The van der Waals surface area contributed by atoms with Crippen LogP contribution in [0.15, 0.2) is 24.3 Å². The van der Waals surface area contributed by atoms with Gasteiger partial charge in [-0.2, -0.15) is 0 Å². The van der Waals surface area contributed by atoms with Gasteiger partial charge in [0.15, 0.2) is 0 Å². The first-order valence-electron chi connectivity index (χ1n) is 7.96. The molecule has 1 fully saturated rings. The third kappa shape index (κ3) is 3.78. The molecule has 1 unspecified atom stereocenters. The number of aliphatic carboxylic acids is 1. The molecule has 1 aliphatic rings. The van der Waals surface area contributed by atoms with E-state index < -0.39 is 5.97 Å². The van der Waals surface area contributed by atoms with Crippen LogP contribution in [0.1, 0.15) is 51.5 Å². The molecule has 1 aromatic carbocycles.